The van der Waals surface area contributed by atoms with Crippen molar-refractivity contribution in [3.05, 3.63) is 12.2 Å². The highest BCUT2D eigenvalue weighted by molar-refractivity contribution is 8.00. The Bertz CT molecular complexity index is 671. The number of esters is 1. The van der Waals surface area contributed by atoms with Gasteiger partial charge in [-0.05, 0) is 6.92 Å². The van der Waals surface area contributed by atoms with Crippen LogP contribution in [0.2, 0.25) is 0 Å². The van der Waals surface area contributed by atoms with Gasteiger partial charge in [0.05, 0.1) is 18.1 Å². The molecule has 0 bridgehead atoms. The van der Waals surface area contributed by atoms with Crippen molar-refractivity contribution in [3.63, 3.8) is 0 Å². The third-order valence-electron chi connectivity index (χ3n) is 2.25. The number of nitrogens with zero attached hydrogens (tertiary/aromatic N) is 3. The summed E-state index contributed by atoms with van der Waals surface area (Å²) < 4.78 is 4.84. The smallest absolute Gasteiger partial charge is 0.333 e. The van der Waals surface area contributed by atoms with Crippen molar-refractivity contribution in [3.8, 4) is 0 Å². The molecule has 0 aliphatic rings. The van der Waals surface area contributed by atoms with Gasteiger partial charge in [-0.2, -0.15) is 15.0 Å². The van der Waals surface area contributed by atoms with Crippen molar-refractivity contribution in [2.75, 3.05) is 24.7 Å². The molecule has 0 radical (unpaired) electrons. The summed E-state index contributed by atoms with van der Waals surface area (Å²) in [5.41, 5.74) is 0.288. The molecular formula is C13H16N4O5S3. The normalized spacial score (nSPS) is 10.2. The molecule has 0 fully saturated rings. The molecule has 0 unspecified atom stereocenters. The molecule has 1 aromatic rings. The van der Waals surface area contributed by atoms with E-state index in [0.29, 0.717) is 0 Å². The minimum Gasteiger partial charge on any atom is -0.481 e. The number of carboxylic acids is 1. The van der Waals surface area contributed by atoms with Gasteiger partial charge in [0.15, 0.2) is 15.5 Å². The van der Waals surface area contributed by atoms with Crippen molar-refractivity contribution in [2.24, 2.45) is 0 Å². The van der Waals surface area contributed by atoms with Crippen molar-refractivity contribution in [2.45, 2.75) is 22.4 Å². The largest absolute Gasteiger partial charge is 0.481 e. The number of thioether (sulfide) groups is 2. The van der Waals surface area contributed by atoms with E-state index in [0.717, 1.165) is 23.5 Å². The van der Waals surface area contributed by atoms with E-state index >= 15 is 0 Å². The van der Waals surface area contributed by atoms with Crippen LogP contribution in [0.5, 0.6) is 0 Å². The third kappa shape index (κ3) is 9.31. The Morgan fingerprint density at radius 1 is 1.20 bits per heavy atom. The summed E-state index contributed by atoms with van der Waals surface area (Å²) in [6.07, 6.45) is 0. The van der Waals surface area contributed by atoms with E-state index in [9.17, 15) is 14.4 Å². The molecule has 1 heterocycles. The number of carbonyl (C=O) groups excluding carboxylic acids is 2. The van der Waals surface area contributed by atoms with Gasteiger partial charge in [0.2, 0.25) is 5.91 Å². The number of thiol groups is 1. The van der Waals surface area contributed by atoms with Gasteiger partial charge in [-0.1, -0.05) is 30.1 Å². The maximum absolute atomic E-state index is 11.7. The van der Waals surface area contributed by atoms with E-state index in [1.54, 1.807) is 0 Å². The van der Waals surface area contributed by atoms with Gasteiger partial charge in [-0.15, -0.1) is 12.6 Å². The second-order valence-corrected chi connectivity index (χ2v) is 6.72. The second-order valence-electron chi connectivity index (χ2n) is 4.44. The van der Waals surface area contributed by atoms with Gasteiger partial charge in [0.25, 0.3) is 0 Å². The fourth-order valence-electron chi connectivity index (χ4n) is 1.22. The second kappa shape index (κ2) is 10.9. The molecule has 1 aromatic heterocycles. The quantitative estimate of drug-likeness (QED) is 0.168. The highest BCUT2D eigenvalue weighted by Gasteiger charge is 2.10. The van der Waals surface area contributed by atoms with Crippen LogP contribution in [-0.4, -0.2) is 62.6 Å². The Morgan fingerprint density at radius 3 is 2.36 bits per heavy atom. The highest BCUT2D eigenvalue weighted by Crippen LogP contribution is 2.19. The molecular weight excluding hydrogens is 388 g/mol. The van der Waals surface area contributed by atoms with Gasteiger partial charge >= 0.3 is 11.9 Å². The lowest BCUT2D eigenvalue weighted by atomic mass is 10.4. The molecule has 1 amide bonds. The molecule has 2 N–H and O–H groups in total. The number of nitrogens with one attached hydrogen (secondary N) is 1. The molecule has 136 valence electrons. The minimum atomic E-state index is -0.993. The SMILES string of the molecule is C=C(C)C(=O)OCCNC(=O)CSc1nc(S)nc(SCC(=O)O)n1. The lowest BCUT2D eigenvalue weighted by molar-refractivity contribution is -0.139. The lowest BCUT2D eigenvalue weighted by Crippen LogP contribution is -2.29. The van der Waals surface area contributed by atoms with Crippen LogP contribution in [0.3, 0.4) is 0 Å². The van der Waals surface area contributed by atoms with E-state index in [1.807, 2.05) is 0 Å². The molecule has 1 rings (SSSR count). The fraction of sp³-hybridized carbons (Fsp3) is 0.385. The summed E-state index contributed by atoms with van der Waals surface area (Å²) in [5, 5.41) is 11.8. The van der Waals surface area contributed by atoms with Crippen LogP contribution in [0.15, 0.2) is 27.6 Å². The summed E-state index contributed by atoms with van der Waals surface area (Å²) >= 11 is 6.01. The van der Waals surface area contributed by atoms with Gasteiger partial charge in [0, 0.05) is 5.57 Å². The minimum absolute atomic E-state index is 0.0364. The van der Waals surface area contributed by atoms with E-state index in [-0.39, 0.29) is 51.6 Å². The van der Waals surface area contributed by atoms with Crippen molar-refractivity contribution in [1.29, 1.82) is 0 Å². The van der Waals surface area contributed by atoms with Crippen LogP contribution in [-0.2, 0) is 19.1 Å². The maximum atomic E-state index is 11.7. The number of ether oxygens (including phenoxy) is 1. The number of amides is 1. The molecule has 0 atom stereocenters. The number of carboxylic acid groups (broad SMARTS) is 1. The van der Waals surface area contributed by atoms with Crippen molar-refractivity contribution >= 4 is 54.0 Å². The van der Waals surface area contributed by atoms with Crippen LogP contribution in [0.1, 0.15) is 6.92 Å². The molecule has 0 aliphatic heterocycles. The Kier molecular flexibility index (Phi) is 9.31. The first-order chi connectivity index (χ1) is 11.8. The topological polar surface area (TPSA) is 131 Å². The van der Waals surface area contributed by atoms with E-state index < -0.39 is 11.9 Å². The first kappa shape index (κ1) is 21.3. The lowest BCUT2D eigenvalue weighted by Gasteiger charge is -2.06. The maximum Gasteiger partial charge on any atom is 0.333 e. The van der Waals surface area contributed by atoms with Crippen LogP contribution in [0.25, 0.3) is 0 Å². The Balaban J connectivity index is 2.38. The number of hydrogen-bond acceptors (Lipinski definition) is 10. The third-order valence-corrected chi connectivity index (χ3v) is 4.12. The molecule has 0 saturated heterocycles. The molecule has 12 heteroatoms. The molecule has 0 saturated carbocycles. The summed E-state index contributed by atoms with van der Waals surface area (Å²) in [6.45, 7) is 5.20. The summed E-state index contributed by atoms with van der Waals surface area (Å²) in [7, 11) is 0. The molecule has 0 spiro atoms. The van der Waals surface area contributed by atoms with E-state index in [1.165, 1.54) is 6.92 Å². The van der Waals surface area contributed by atoms with Crippen LogP contribution in [0.4, 0.5) is 0 Å². The van der Waals surface area contributed by atoms with Gasteiger partial charge < -0.3 is 15.2 Å². The average molecular weight is 404 g/mol. The number of aliphatic carboxylic acids is 1. The van der Waals surface area contributed by atoms with Crippen LogP contribution < -0.4 is 5.32 Å². The van der Waals surface area contributed by atoms with E-state index in [4.69, 9.17) is 9.84 Å². The monoisotopic (exact) mass is 404 g/mol. The zero-order chi connectivity index (χ0) is 18.8. The fourth-order valence-corrected chi connectivity index (χ4v) is 2.82. The van der Waals surface area contributed by atoms with Crippen molar-refractivity contribution in [1.82, 2.24) is 20.3 Å². The zero-order valence-corrected chi connectivity index (χ0v) is 15.7. The molecule has 0 aliphatic carbocycles. The van der Waals surface area contributed by atoms with Gasteiger partial charge in [0.1, 0.15) is 6.61 Å². The molecule has 0 aromatic carbocycles. The predicted molar refractivity (Wildman–Crippen MR) is 94.9 cm³/mol. The number of aromatic nitrogens is 3. The van der Waals surface area contributed by atoms with Gasteiger partial charge in [-0.25, -0.2) is 4.79 Å². The number of rotatable bonds is 10. The Hall–Kier alpha value is -1.79. The first-order valence-electron chi connectivity index (χ1n) is 6.79. The predicted octanol–water partition coefficient (Wildman–Crippen LogP) is 0.665. The zero-order valence-electron chi connectivity index (χ0n) is 13.2. The standard InChI is InChI=1S/C13H16N4O5S3/c1-7(2)10(21)22-4-3-14-8(18)5-24-12-15-11(23)16-13(17-12)25-6-9(19)20/h1,3-6H2,2H3,(H,14,18)(H,19,20)(H,15,16,17,23). The highest BCUT2D eigenvalue weighted by atomic mass is 32.2. The van der Waals surface area contributed by atoms with E-state index in [2.05, 4.69) is 39.5 Å². The number of carbonyl (C=O) groups is 3. The first-order valence-corrected chi connectivity index (χ1v) is 9.21. The van der Waals surface area contributed by atoms with Gasteiger partial charge in [-0.3, -0.25) is 9.59 Å². The Labute approximate surface area is 157 Å². The molecule has 25 heavy (non-hydrogen) atoms. The van der Waals surface area contributed by atoms with Crippen LogP contribution in [0, 0.1) is 0 Å². The van der Waals surface area contributed by atoms with Crippen LogP contribution >= 0.6 is 36.2 Å². The van der Waals surface area contributed by atoms with Crippen molar-refractivity contribution < 1.29 is 24.2 Å². The average Bonchev–Trinajstić information content (AvgIpc) is 2.54. The summed E-state index contributed by atoms with van der Waals surface area (Å²) in [4.78, 5) is 45.3. The number of hydrogen-bond donors (Lipinski definition) is 3. The summed E-state index contributed by atoms with van der Waals surface area (Å²) in [6, 6.07) is 0. The summed E-state index contributed by atoms with van der Waals surface area (Å²) in [5.74, 6) is -1.95. The Morgan fingerprint density at radius 2 is 1.80 bits per heavy atom. The molecule has 9 nitrogen and oxygen atoms in total.